The smallest absolute Gasteiger partial charge is 0.220 e. The SMILES string of the molecule is CCCCCCCCCCCCCCCCCCCCCCCCCC(=O)N[C@@H](CO[C@@H]1O[C@H](CO)[C@@H](O[C@@H]2O[C@H](CO)[C@H](O)[C@H](O[C@H]3O[C@H](CO)[C@H](O)[C@H](O)[C@H]3O)[C@H]2O)[C@H](O)[C@H]1O)[C@H](O)CCCCCCCCCCCCCCC. The number of nitrogens with one attached hydrogen (secondary N) is 1. The molecular weight excluding hydrogens is 1050 g/mol. The Labute approximate surface area is 487 Å². The largest absolute Gasteiger partial charge is 0.394 e. The minimum atomic E-state index is -1.96. The number of amides is 1. The molecule has 0 aromatic carbocycles. The lowest BCUT2D eigenvalue weighted by Crippen LogP contribution is -2.67. The number of carbonyl (C=O) groups is 1. The van der Waals surface area contributed by atoms with Crippen LogP contribution >= 0.6 is 0 Å². The zero-order valence-electron chi connectivity index (χ0n) is 50.3. The van der Waals surface area contributed by atoms with Crippen LogP contribution in [0.1, 0.15) is 258 Å². The van der Waals surface area contributed by atoms with Crippen LogP contribution in [0.2, 0.25) is 0 Å². The summed E-state index contributed by atoms with van der Waals surface area (Å²) in [5.41, 5.74) is 0. The predicted molar refractivity (Wildman–Crippen MR) is 310 cm³/mol. The molecule has 0 spiro atoms. The first-order valence-corrected chi connectivity index (χ1v) is 32.8. The van der Waals surface area contributed by atoms with E-state index >= 15 is 0 Å². The summed E-state index contributed by atoms with van der Waals surface area (Å²) in [6, 6.07) is -0.887. The van der Waals surface area contributed by atoms with E-state index in [1.807, 2.05) is 0 Å². The van der Waals surface area contributed by atoms with Crippen LogP contribution in [0, 0.1) is 0 Å². The van der Waals surface area contributed by atoms with Crippen molar-refractivity contribution in [2.24, 2.45) is 0 Å². The molecule has 19 nitrogen and oxygen atoms in total. The third kappa shape index (κ3) is 29.4. The maximum Gasteiger partial charge on any atom is 0.220 e. The van der Waals surface area contributed by atoms with Crippen molar-refractivity contribution >= 4 is 5.91 Å². The average Bonchev–Trinajstić information content (AvgIpc) is 3.47. The van der Waals surface area contributed by atoms with Crippen LogP contribution in [0.3, 0.4) is 0 Å². The van der Waals surface area contributed by atoms with E-state index in [0.717, 1.165) is 44.9 Å². The quantitative estimate of drug-likeness (QED) is 0.0269. The van der Waals surface area contributed by atoms with Crippen molar-refractivity contribution in [3.8, 4) is 0 Å². The van der Waals surface area contributed by atoms with Crippen molar-refractivity contribution in [3.05, 3.63) is 0 Å². The Hall–Kier alpha value is -1.21. The van der Waals surface area contributed by atoms with Crippen molar-refractivity contribution in [1.82, 2.24) is 5.32 Å². The van der Waals surface area contributed by atoms with E-state index < -0.39 is 124 Å². The molecule has 0 radical (unpaired) electrons. The highest BCUT2D eigenvalue weighted by atomic mass is 16.8. The van der Waals surface area contributed by atoms with Gasteiger partial charge in [0.05, 0.1) is 38.6 Å². The molecule has 480 valence electrons. The molecule has 19 heteroatoms. The van der Waals surface area contributed by atoms with Gasteiger partial charge < -0.3 is 89.9 Å². The van der Waals surface area contributed by atoms with Gasteiger partial charge in [-0.15, -0.1) is 0 Å². The number of aliphatic hydroxyl groups is 11. The number of carbonyl (C=O) groups excluding carboxylic acids is 1. The number of hydrogen-bond acceptors (Lipinski definition) is 18. The molecule has 3 aliphatic rings. The molecule has 3 fully saturated rings. The predicted octanol–water partition coefficient (Wildman–Crippen LogP) is 7.16. The molecule has 81 heavy (non-hydrogen) atoms. The van der Waals surface area contributed by atoms with E-state index in [1.165, 1.54) is 180 Å². The van der Waals surface area contributed by atoms with E-state index in [0.29, 0.717) is 12.8 Å². The molecule has 3 saturated heterocycles. The Morgan fingerprint density at radius 3 is 1.16 bits per heavy atom. The van der Waals surface area contributed by atoms with Gasteiger partial charge >= 0.3 is 0 Å². The summed E-state index contributed by atoms with van der Waals surface area (Å²) >= 11 is 0. The van der Waals surface area contributed by atoms with Gasteiger partial charge in [0.1, 0.15) is 73.2 Å². The molecule has 0 unspecified atom stereocenters. The lowest BCUT2D eigenvalue weighted by atomic mass is 9.96. The minimum absolute atomic E-state index is 0.241. The fourth-order valence-electron chi connectivity index (χ4n) is 11.5. The monoisotopic (exact) mass is 1170 g/mol. The summed E-state index contributed by atoms with van der Waals surface area (Å²) < 4.78 is 34.4. The van der Waals surface area contributed by atoms with Crippen molar-refractivity contribution < 1.29 is 89.4 Å². The first kappa shape index (κ1) is 74.0. The van der Waals surface area contributed by atoms with E-state index in [4.69, 9.17) is 28.4 Å². The van der Waals surface area contributed by atoms with Crippen LogP contribution in [0.5, 0.6) is 0 Å². The number of aliphatic hydroxyl groups excluding tert-OH is 11. The minimum Gasteiger partial charge on any atom is -0.394 e. The molecule has 0 aromatic rings. The lowest BCUT2D eigenvalue weighted by Gasteiger charge is -2.48. The highest BCUT2D eigenvalue weighted by molar-refractivity contribution is 5.76. The molecule has 0 bridgehead atoms. The molecule has 3 aliphatic heterocycles. The number of hydrogen-bond donors (Lipinski definition) is 12. The zero-order valence-corrected chi connectivity index (χ0v) is 50.3. The molecule has 0 saturated carbocycles. The van der Waals surface area contributed by atoms with Crippen LogP contribution in [-0.4, -0.2) is 193 Å². The maximum atomic E-state index is 13.4. The first-order valence-electron chi connectivity index (χ1n) is 32.8. The molecule has 3 rings (SSSR count). The molecule has 12 N–H and O–H groups in total. The molecular formula is C62H119NO18. The van der Waals surface area contributed by atoms with Crippen LogP contribution in [0.25, 0.3) is 0 Å². The maximum absolute atomic E-state index is 13.4. The summed E-state index contributed by atoms with van der Waals surface area (Å²) in [6.07, 6.45) is 18.7. The highest BCUT2D eigenvalue weighted by Gasteiger charge is 2.54. The van der Waals surface area contributed by atoms with Gasteiger partial charge in [-0.2, -0.15) is 0 Å². The van der Waals surface area contributed by atoms with Gasteiger partial charge in [0.15, 0.2) is 18.9 Å². The summed E-state index contributed by atoms with van der Waals surface area (Å²) in [7, 11) is 0. The fraction of sp³-hybridized carbons (Fsp3) is 0.984. The normalized spacial score (nSPS) is 29.7. The highest BCUT2D eigenvalue weighted by Crippen LogP contribution is 2.33. The van der Waals surface area contributed by atoms with Gasteiger partial charge in [-0.05, 0) is 12.8 Å². The Kier molecular flexibility index (Phi) is 42.1. The second-order valence-electron chi connectivity index (χ2n) is 23.9. The van der Waals surface area contributed by atoms with Crippen molar-refractivity contribution in [2.75, 3.05) is 26.4 Å². The Morgan fingerprint density at radius 2 is 0.741 bits per heavy atom. The second kappa shape index (κ2) is 46.0. The van der Waals surface area contributed by atoms with E-state index in [1.54, 1.807) is 0 Å². The summed E-state index contributed by atoms with van der Waals surface area (Å²) in [5, 5.41) is 121. The van der Waals surface area contributed by atoms with Crippen LogP contribution in [0.15, 0.2) is 0 Å². The van der Waals surface area contributed by atoms with Crippen LogP contribution in [-0.2, 0) is 33.2 Å². The first-order chi connectivity index (χ1) is 39.3. The van der Waals surface area contributed by atoms with E-state index in [2.05, 4.69) is 19.2 Å². The number of unbranched alkanes of at least 4 members (excludes halogenated alkanes) is 34. The number of ether oxygens (including phenoxy) is 6. The van der Waals surface area contributed by atoms with Crippen molar-refractivity contribution in [2.45, 2.75) is 362 Å². The molecule has 3 heterocycles. The van der Waals surface area contributed by atoms with Crippen LogP contribution < -0.4 is 5.32 Å². The Morgan fingerprint density at radius 1 is 0.395 bits per heavy atom. The second-order valence-corrected chi connectivity index (χ2v) is 23.9. The molecule has 17 atom stereocenters. The third-order valence-corrected chi connectivity index (χ3v) is 16.9. The standard InChI is InChI=1S/C62H119NO18/c1-3-5-7-9-11-13-15-17-18-19-20-21-22-23-24-25-26-28-30-32-34-36-38-40-50(68)63-45(46(67)39-37-35-33-31-29-27-16-14-12-10-8-6-4-2)44-76-60-56(74)54(72)58(49(43-66)79-60)80-62-57(75)59(52(70)48(42-65)78-62)81-61-55(73)53(71)51(69)47(41-64)77-61/h45-49,51-62,64-67,69-75H,3-44H2,1-2H3,(H,63,68)/t45-,46+,47+,48+,49+,51-,52-,53-,54+,55+,56+,57+,58+,59-,60+,61+,62-/m0/s1. The van der Waals surface area contributed by atoms with Gasteiger partial charge in [-0.3, -0.25) is 4.79 Å². The van der Waals surface area contributed by atoms with Crippen molar-refractivity contribution in [3.63, 3.8) is 0 Å². The zero-order chi connectivity index (χ0) is 59.0. The Balaban J connectivity index is 1.45. The van der Waals surface area contributed by atoms with Gasteiger partial charge in [0, 0.05) is 6.42 Å². The topological polar surface area (TPSA) is 307 Å². The summed E-state index contributed by atoms with van der Waals surface area (Å²) in [6.45, 7) is 1.79. The molecule has 0 aliphatic carbocycles. The number of rotatable bonds is 50. The molecule has 0 aromatic heterocycles. The average molecular weight is 1170 g/mol. The van der Waals surface area contributed by atoms with Gasteiger partial charge in [-0.25, -0.2) is 0 Å². The van der Waals surface area contributed by atoms with Gasteiger partial charge in [-0.1, -0.05) is 239 Å². The van der Waals surface area contributed by atoms with Gasteiger partial charge in [0.25, 0.3) is 0 Å². The van der Waals surface area contributed by atoms with Crippen LogP contribution in [0.4, 0.5) is 0 Å². The van der Waals surface area contributed by atoms with E-state index in [9.17, 15) is 61.0 Å². The van der Waals surface area contributed by atoms with E-state index in [-0.39, 0.29) is 18.9 Å². The molecule has 1 amide bonds. The summed E-state index contributed by atoms with van der Waals surface area (Å²) in [5.74, 6) is -0.241. The van der Waals surface area contributed by atoms with Gasteiger partial charge in [0.2, 0.25) is 5.91 Å². The fourth-order valence-corrected chi connectivity index (χ4v) is 11.5. The third-order valence-electron chi connectivity index (χ3n) is 16.9. The summed E-state index contributed by atoms with van der Waals surface area (Å²) in [4.78, 5) is 13.4. The Bertz CT molecular complexity index is 1490. The lowest BCUT2D eigenvalue weighted by molar-refractivity contribution is -0.380. The van der Waals surface area contributed by atoms with Crippen molar-refractivity contribution in [1.29, 1.82) is 0 Å².